The van der Waals surface area contributed by atoms with Crippen molar-refractivity contribution in [3.63, 3.8) is 0 Å². The molecule has 160 valence electrons. The van der Waals surface area contributed by atoms with Crippen LogP contribution in [0.4, 0.5) is 8.78 Å². The molecule has 2 aromatic heterocycles. The largest absolute Gasteiger partial charge is 0.330 e. The lowest BCUT2D eigenvalue weighted by Crippen LogP contribution is -2.24. The number of hydrogen-bond donors (Lipinski definition) is 3. The van der Waals surface area contributed by atoms with Crippen molar-refractivity contribution < 1.29 is 8.78 Å². The van der Waals surface area contributed by atoms with Crippen LogP contribution in [0.3, 0.4) is 0 Å². The second-order valence-electron chi connectivity index (χ2n) is 8.35. The zero-order chi connectivity index (χ0) is 22.0. The molecule has 2 heterocycles. The van der Waals surface area contributed by atoms with Crippen molar-refractivity contribution in [1.29, 1.82) is 0 Å². The van der Waals surface area contributed by atoms with Crippen LogP contribution in [0.5, 0.6) is 0 Å². The number of aromatic amines is 2. The Labute approximate surface area is 178 Å². The fraction of sp³-hybridized carbons (Fsp3) is 0.261. The molecule has 0 spiro atoms. The molecule has 0 radical (unpaired) electrons. The maximum atomic E-state index is 14.7. The van der Waals surface area contributed by atoms with Gasteiger partial charge in [-0.25, -0.2) is 13.8 Å². The van der Waals surface area contributed by atoms with Crippen LogP contribution in [0, 0.1) is 17.0 Å². The molecule has 0 unspecified atom stereocenters. The van der Waals surface area contributed by atoms with Crippen molar-refractivity contribution in [2.45, 2.75) is 26.7 Å². The first-order valence-electron chi connectivity index (χ1n) is 10.1. The number of halogens is 2. The van der Waals surface area contributed by atoms with Gasteiger partial charge in [-0.15, -0.1) is 0 Å². The first-order valence-corrected chi connectivity index (χ1v) is 10.1. The van der Waals surface area contributed by atoms with Gasteiger partial charge < -0.3 is 5.73 Å². The smallest absolute Gasteiger partial charge is 0.181 e. The third-order valence-electron chi connectivity index (χ3n) is 5.34. The number of rotatable bonds is 7. The number of benzene rings is 2. The summed E-state index contributed by atoms with van der Waals surface area (Å²) in [6, 6.07) is 9.29. The molecule has 4 rings (SSSR count). The van der Waals surface area contributed by atoms with Crippen LogP contribution in [0.25, 0.3) is 34.4 Å². The third-order valence-corrected chi connectivity index (χ3v) is 5.34. The van der Waals surface area contributed by atoms with Gasteiger partial charge in [-0.2, -0.15) is 10.2 Å². The molecule has 4 N–H and O–H groups in total. The highest BCUT2D eigenvalue weighted by Crippen LogP contribution is 2.27. The fourth-order valence-electron chi connectivity index (χ4n) is 3.20. The van der Waals surface area contributed by atoms with Gasteiger partial charge in [-0.1, -0.05) is 32.1 Å². The second-order valence-corrected chi connectivity index (χ2v) is 8.35. The SMILES string of the molecule is CC(C)(CN)CCc1nc(-c2cc(F)c3n[nH]c(C=Cc4ccc(F)cc4)c3c2)n[nH]1. The first-order chi connectivity index (χ1) is 14.8. The standard InChI is InChI=1S/C23H24F2N6/c1-23(2,13-26)10-9-20-27-22(31-29-20)15-11-17-19(28-30-21(17)18(25)12-15)8-5-14-3-6-16(24)7-4-14/h3-8,11-12H,9-10,13,26H2,1-2H3,(H,28,30)(H,27,29,31). The molecule has 2 aromatic carbocycles. The first kappa shape index (κ1) is 20.9. The van der Waals surface area contributed by atoms with E-state index in [0.29, 0.717) is 35.4 Å². The number of fused-ring (bicyclic) bond motifs is 1. The van der Waals surface area contributed by atoms with Gasteiger partial charge in [0.2, 0.25) is 0 Å². The lowest BCUT2D eigenvalue weighted by molar-refractivity contribution is 0.345. The average molecular weight is 422 g/mol. The number of nitrogens with one attached hydrogen (secondary N) is 2. The van der Waals surface area contributed by atoms with Gasteiger partial charge in [0.1, 0.15) is 17.2 Å². The van der Waals surface area contributed by atoms with Gasteiger partial charge in [0.25, 0.3) is 0 Å². The van der Waals surface area contributed by atoms with Crippen LogP contribution in [0.15, 0.2) is 36.4 Å². The number of nitrogens with two attached hydrogens (primary N) is 1. The zero-order valence-electron chi connectivity index (χ0n) is 17.4. The summed E-state index contributed by atoms with van der Waals surface area (Å²) in [5.74, 6) is 0.408. The van der Waals surface area contributed by atoms with Crippen molar-refractivity contribution in [1.82, 2.24) is 25.4 Å². The molecular weight excluding hydrogens is 398 g/mol. The molecule has 0 atom stereocenters. The lowest BCUT2D eigenvalue weighted by atomic mass is 9.88. The average Bonchev–Trinajstić information content (AvgIpc) is 3.39. The summed E-state index contributed by atoms with van der Waals surface area (Å²) in [4.78, 5) is 4.52. The molecule has 0 saturated carbocycles. The molecule has 8 heteroatoms. The molecule has 0 saturated heterocycles. The van der Waals surface area contributed by atoms with Crippen molar-refractivity contribution in [3.8, 4) is 11.4 Å². The maximum absolute atomic E-state index is 14.7. The van der Waals surface area contributed by atoms with E-state index in [9.17, 15) is 8.78 Å². The quantitative estimate of drug-likeness (QED) is 0.402. The summed E-state index contributed by atoms with van der Waals surface area (Å²) < 4.78 is 27.8. The molecule has 0 aliphatic heterocycles. The van der Waals surface area contributed by atoms with E-state index in [-0.39, 0.29) is 16.7 Å². The van der Waals surface area contributed by atoms with Crippen LogP contribution in [-0.4, -0.2) is 31.9 Å². The van der Waals surface area contributed by atoms with Gasteiger partial charge >= 0.3 is 0 Å². The molecule has 0 bridgehead atoms. The van der Waals surface area contributed by atoms with E-state index in [1.807, 2.05) is 6.07 Å². The number of hydrogen-bond acceptors (Lipinski definition) is 4. The molecule has 4 aromatic rings. The summed E-state index contributed by atoms with van der Waals surface area (Å²) >= 11 is 0. The third kappa shape index (κ3) is 4.69. The number of aryl methyl sites for hydroxylation is 1. The Hall–Kier alpha value is -3.39. The Balaban J connectivity index is 1.61. The van der Waals surface area contributed by atoms with Crippen LogP contribution in [-0.2, 0) is 6.42 Å². The lowest BCUT2D eigenvalue weighted by Gasteiger charge is -2.20. The highest BCUT2D eigenvalue weighted by atomic mass is 19.1. The normalized spacial score (nSPS) is 12.3. The minimum absolute atomic E-state index is 0.0144. The zero-order valence-corrected chi connectivity index (χ0v) is 17.4. The molecule has 31 heavy (non-hydrogen) atoms. The summed E-state index contributed by atoms with van der Waals surface area (Å²) in [5.41, 5.74) is 8.06. The van der Waals surface area contributed by atoms with Crippen molar-refractivity contribution in [2.24, 2.45) is 11.1 Å². The number of H-pyrrole nitrogens is 2. The number of aromatic nitrogens is 5. The van der Waals surface area contributed by atoms with Gasteiger partial charge in [0, 0.05) is 17.4 Å². The van der Waals surface area contributed by atoms with Crippen molar-refractivity contribution in [2.75, 3.05) is 6.54 Å². The summed E-state index contributed by atoms with van der Waals surface area (Å²) in [6.07, 6.45) is 5.16. The molecule has 6 nitrogen and oxygen atoms in total. The van der Waals surface area contributed by atoms with Gasteiger partial charge in [-0.3, -0.25) is 10.2 Å². The van der Waals surface area contributed by atoms with Crippen molar-refractivity contribution in [3.05, 3.63) is 65.1 Å². The second kappa shape index (κ2) is 8.39. The summed E-state index contributed by atoms with van der Waals surface area (Å²) in [7, 11) is 0. The van der Waals surface area contributed by atoms with Crippen molar-refractivity contribution >= 4 is 23.1 Å². The van der Waals surface area contributed by atoms with Gasteiger partial charge in [0.05, 0.1) is 5.69 Å². The highest BCUT2D eigenvalue weighted by Gasteiger charge is 2.18. The van der Waals surface area contributed by atoms with E-state index >= 15 is 0 Å². The topological polar surface area (TPSA) is 96.3 Å². The number of nitrogens with zero attached hydrogens (tertiary/aromatic N) is 3. The maximum Gasteiger partial charge on any atom is 0.181 e. The fourth-order valence-corrected chi connectivity index (χ4v) is 3.20. The van der Waals surface area contributed by atoms with E-state index in [0.717, 1.165) is 17.8 Å². The highest BCUT2D eigenvalue weighted by molar-refractivity contribution is 5.92. The minimum Gasteiger partial charge on any atom is -0.330 e. The monoisotopic (exact) mass is 422 g/mol. The Morgan fingerprint density at radius 3 is 2.55 bits per heavy atom. The Morgan fingerprint density at radius 2 is 1.81 bits per heavy atom. The molecule has 0 aliphatic rings. The Morgan fingerprint density at radius 1 is 1.03 bits per heavy atom. The summed E-state index contributed by atoms with van der Waals surface area (Å²) in [5, 5.41) is 14.7. The van der Waals surface area contributed by atoms with E-state index in [1.165, 1.54) is 18.2 Å². The molecule has 0 fully saturated rings. The van der Waals surface area contributed by atoms with Crippen LogP contribution in [0.2, 0.25) is 0 Å². The predicted molar refractivity (Wildman–Crippen MR) is 118 cm³/mol. The predicted octanol–water partition coefficient (Wildman–Crippen LogP) is 4.71. The Kier molecular flexibility index (Phi) is 5.65. The van der Waals surface area contributed by atoms with Crippen LogP contribution in [0.1, 0.15) is 37.4 Å². The van der Waals surface area contributed by atoms with E-state index in [2.05, 4.69) is 39.2 Å². The molecular formula is C23H24F2N6. The minimum atomic E-state index is -0.458. The Bertz CT molecular complexity index is 1220. The molecule has 0 aliphatic carbocycles. The van der Waals surface area contributed by atoms with E-state index in [4.69, 9.17) is 5.73 Å². The van der Waals surface area contributed by atoms with Gasteiger partial charge in [0.15, 0.2) is 11.6 Å². The molecule has 0 amide bonds. The van der Waals surface area contributed by atoms with E-state index in [1.54, 1.807) is 24.3 Å². The van der Waals surface area contributed by atoms with Gasteiger partial charge in [-0.05, 0) is 54.3 Å². The van der Waals surface area contributed by atoms with E-state index < -0.39 is 5.82 Å². The van der Waals surface area contributed by atoms with Crippen LogP contribution >= 0.6 is 0 Å². The summed E-state index contributed by atoms with van der Waals surface area (Å²) in [6.45, 7) is 4.80. The van der Waals surface area contributed by atoms with Crippen LogP contribution < -0.4 is 5.73 Å².